The summed E-state index contributed by atoms with van der Waals surface area (Å²) in [4.78, 5) is 4.72. The maximum atomic E-state index is 5.83. The van der Waals surface area contributed by atoms with Crippen LogP contribution in [0, 0.1) is 0 Å². The molecule has 2 aliphatic rings. The molecule has 1 atom stereocenters. The van der Waals surface area contributed by atoms with Crippen LogP contribution in [-0.2, 0) is 24.1 Å². The topological polar surface area (TPSA) is 76.4 Å². The van der Waals surface area contributed by atoms with Crippen molar-refractivity contribution in [1.82, 2.24) is 25.4 Å². The average molecular weight is 490 g/mol. The van der Waals surface area contributed by atoms with Gasteiger partial charge in [-0.1, -0.05) is 6.42 Å². The fraction of sp³-hybridized carbons (Fsp3) is 0.842. The van der Waals surface area contributed by atoms with E-state index < -0.39 is 0 Å². The molecule has 2 aliphatic heterocycles. The minimum Gasteiger partial charge on any atom is -0.373 e. The molecular weight excluding hydrogens is 455 g/mol. The Hall–Kier alpha value is -0.900. The van der Waals surface area contributed by atoms with Gasteiger partial charge in [0, 0.05) is 39.1 Å². The van der Waals surface area contributed by atoms with E-state index in [0.717, 1.165) is 70.1 Å². The Morgan fingerprint density at radius 1 is 1.22 bits per heavy atom. The molecular formula is C19H35IN6O. The van der Waals surface area contributed by atoms with Crippen LogP contribution < -0.4 is 10.6 Å². The lowest BCUT2D eigenvalue weighted by Crippen LogP contribution is -2.39. The summed E-state index contributed by atoms with van der Waals surface area (Å²) in [5.41, 5.74) is -0.0958. The van der Waals surface area contributed by atoms with Crippen molar-refractivity contribution in [1.29, 1.82) is 0 Å². The number of nitrogens with zero attached hydrogens (tertiary/aromatic N) is 4. The Balaban J connectivity index is 0.00000261. The number of hydrogen-bond donors (Lipinski definition) is 2. The SMILES string of the molecule is CCNC(=NCC1(C)CCCO1)NCCCc1nnc2n1CCCCC2.I. The molecule has 1 aromatic rings. The van der Waals surface area contributed by atoms with Gasteiger partial charge in [-0.05, 0) is 46.0 Å². The molecule has 27 heavy (non-hydrogen) atoms. The third-order valence-electron chi connectivity index (χ3n) is 5.27. The van der Waals surface area contributed by atoms with Crippen molar-refractivity contribution >= 4 is 29.9 Å². The van der Waals surface area contributed by atoms with Crippen molar-refractivity contribution in [3.63, 3.8) is 0 Å². The van der Waals surface area contributed by atoms with E-state index in [0.29, 0.717) is 6.54 Å². The molecule has 0 amide bonds. The molecule has 0 spiro atoms. The highest BCUT2D eigenvalue weighted by atomic mass is 127. The van der Waals surface area contributed by atoms with Gasteiger partial charge in [0.25, 0.3) is 0 Å². The van der Waals surface area contributed by atoms with Gasteiger partial charge in [0.1, 0.15) is 11.6 Å². The van der Waals surface area contributed by atoms with E-state index in [-0.39, 0.29) is 29.6 Å². The third-order valence-corrected chi connectivity index (χ3v) is 5.27. The summed E-state index contributed by atoms with van der Waals surface area (Å²) in [6.45, 7) is 8.64. The fourth-order valence-electron chi connectivity index (χ4n) is 3.73. The van der Waals surface area contributed by atoms with Crippen molar-refractivity contribution in [2.24, 2.45) is 4.99 Å². The van der Waals surface area contributed by atoms with Gasteiger partial charge in [0.05, 0.1) is 12.1 Å². The largest absolute Gasteiger partial charge is 0.373 e. The lowest BCUT2D eigenvalue weighted by Gasteiger charge is -2.21. The molecule has 1 unspecified atom stereocenters. The summed E-state index contributed by atoms with van der Waals surface area (Å²) in [5, 5.41) is 15.6. The quantitative estimate of drug-likeness (QED) is 0.266. The molecule has 3 rings (SSSR count). The number of aromatic nitrogens is 3. The standard InChI is InChI=1S/C19H34N6O.HI/c1-3-20-18(22-15-19(2)11-8-14-26-19)21-12-7-10-17-24-23-16-9-5-4-6-13-25(16)17;/h3-15H2,1-2H3,(H2,20,21,22);1H. The second-order valence-electron chi connectivity index (χ2n) is 7.62. The van der Waals surface area contributed by atoms with E-state index in [9.17, 15) is 0 Å². The molecule has 3 heterocycles. The zero-order chi connectivity index (χ0) is 18.2. The second kappa shape index (κ2) is 11.2. The number of fused-ring (bicyclic) bond motifs is 1. The highest BCUT2D eigenvalue weighted by Gasteiger charge is 2.29. The number of halogens is 1. The number of hydrogen-bond acceptors (Lipinski definition) is 4. The zero-order valence-corrected chi connectivity index (χ0v) is 19.1. The molecule has 7 nitrogen and oxygen atoms in total. The van der Waals surface area contributed by atoms with Gasteiger partial charge in [0.2, 0.25) is 0 Å². The Bertz CT molecular complexity index is 597. The number of aryl methyl sites for hydroxylation is 2. The van der Waals surface area contributed by atoms with Crippen LogP contribution in [0.25, 0.3) is 0 Å². The molecule has 0 aliphatic carbocycles. The van der Waals surface area contributed by atoms with Gasteiger partial charge < -0.3 is 19.9 Å². The van der Waals surface area contributed by atoms with Crippen LogP contribution in [0.1, 0.15) is 64.0 Å². The van der Waals surface area contributed by atoms with Crippen LogP contribution in [0.5, 0.6) is 0 Å². The summed E-state index contributed by atoms with van der Waals surface area (Å²) in [6, 6.07) is 0. The number of guanidine groups is 1. The summed E-state index contributed by atoms with van der Waals surface area (Å²) < 4.78 is 8.16. The predicted octanol–water partition coefficient (Wildman–Crippen LogP) is 2.68. The van der Waals surface area contributed by atoms with Crippen molar-refractivity contribution in [3.8, 4) is 0 Å². The van der Waals surface area contributed by atoms with Crippen molar-refractivity contribution in [2.45, 2.75) is 77.4 Å². The summed E-state index contributed by atoms with van der Waals surface area (Å²) in [7, 11) is 0. The lowest BCUT2D eigenvalue weighted by molar-refractivity contribution is 0.0283. The first-order valence-corrected chi connectivity index (χ1v) is 10.3. The van der Waals surface area contributed by atoms with Crippen LogP contribution in [-0.4, -0.2) is 52.6 Å². The van der Waals surface area contributed by atoms with Crippen LogP contribution >= 0.6 is 24.0 Å². The first kappa shape index (κ1) is 22.4. The molecule has 154 valence electrons. The zero-order valence-electron chi connectivity index (χ0n) is 16.8. The highest BCUT2D eigenvalue weighted by Crippen LogP contribution is 2.25. The number of rotatable bonds is 7. The van der Waals surface area contributed by atoms with Crippen LogP contribution in [0.4, 0.5) is 0 Å². The van der Waals surface area contributed by atoms with E-state index in [1.807, 2.05) is 0 Å². The highest BCUT2D eigenvalue weighted by molar-refractivity contribution is 14.0. The van der Waals surface area contributed by atoms with Gasteiger partial charge in [-0.15, -0.1) is 34.2 Å². The molecule has 1 fully saturated rings. The van der Waals surface area contributed by atoms with Crippen molar-refractivity contribution in [3.05, 3.63) is 11.6 Å². The molecule has 1 aromatic heterocycles. The van der Waals surface area contributed by atoms with Crippen LogP contribution in [0.3, 0.4) is 0 Å². The van der Waals surface area contributed by atoms with E-state index in [2.05, 4.69) is 39.2 Å². The minimum absolute atomic E-state index is 0. The van der Waals surface area contributed by atoms with Crippen molar-refractivity contribution < 1.29 is 4.74 Å². The Morgan fingerprint density at radius 3 is 2.89 bits per heavy atom. The van der Waals surface area contributed by atoms with Gasteiger partial charge in [-0.2, -0.15) is 0 Å². The van der Waals surface area contributed by atoms with Gasteiger partial charge in [-0.3, -0.25) is 4.99 Å². The third kappa shape index (κ3) is 6.58. The Morgan fingerprint density at radius 2 is 2.11 bits per heavy atom. The Labute approximate surface area is 180 Å². The number of nitrogens with one attached hydrogen (secondary N) is 2. The molecule has 8 heteroatoms. The van der Waals surface area contributed by atoms with E-state index in [1.54, 1.807) is 0 Å². The van der Waals surface area contributed by atoms with Crippen LogP contribution in [0.15, 0.2) is 4.99 Å². The molecule has 0 bridgehead atoms. The average Bonchev–Trinajstić information content (AvgIpc) is 3.16. The first-order chi connectivity index (χ1) is 12.7. The summed E-state index contributed by atoms with van der Waals surface area (Å²) in [5.74, 6) is 3.19. The predicted molar refractivity (Wildman–Crippen MR) is 119 cm³/mol. The monoisotopic (exact) mass is 490 g/mol. The van der Waals surface area contributed by atoms with E-state index in [1.165, 1.54) is 25.1 Å². The number of aliphatic imine (C=N–C) groups is 1. The van der Waals surface area contributed by atoms with Crippen LogP contribution in [0.2, 0.25) is 0 Å². The smallest absolute Gasteiger partial charge is 0.191 e. The van der Waals surface area contributed by atoms with Gasteiger partial charge in [-0.25, -0.2) is 0 Å². The van der Waals surface area contributed by atoms with Gasteiger partial charge in [0.15, 0.2) is 5.96 Å². The van der Waals surface area contributed by atoms with E-state index >= 15 is 0 Å². The minimum atomic E-state index is -0.0958. The molecule has 2 N–H and O–H groups in total. The molecule has 0 saturated carbocycles. The van der Waals surface area contributed by atoms with Crippen molar-refractivity contribution in [2.75, 3.05) is 26.2 Å². The van der Waals surface area contributed by atoms with E-state index in [4.69, 9.17) is 9.73 Å². The summed E-state index contributed by atoms with van der Waals surface area (Å²) in [6.07, 6.45) is 9.07. The number of ether oxygens (including phenoxy) is 1. The normalized spacial score (nSPS) is 22.7. The Kier molecular flexibility index (Phi) is 9.28. The first-order valence-electron chi connectivity index (χ1n) is 10.3. The maximum Gasteiger partial charge on any atom is 0.191 e. The maximum absolute atomic E-state index is 5.83. The molecule has 1 saturated heterocycles. The fourth-order valence-corrected chi connectivity index (χ4v) is 3.73. The second-order valence-corrected chi connectivity index (χ2v) is 7.62. The van der Waals surface area contributed by atoms with Gasteiger partial charge >= 0.3 is 0 Å². The molecule has 0 aromatic carbocycles. The molecule has 0 radical (unpaired) electrons. The summed E-state index contributed by atoms with van der Waals surface area (Å²) >= 11 is 0. The lowest BCUT2D eigenvalue weighted by atomic mass is 10.0.